The van der Waals surface area contributed by atoms with Gasteiger partial charge in [0, 0.05) is 44.3 Å². The summed E-state index contributed by atoms with van der Waals surface area (Å²) in [6.45, 7) is -0.340. The lowest BCUT2D eigenvalue weighted by atomic mass is 9.82. The van der Waals surface area contributed by atoms with E-state index in [1.165, 1.54) is 0 Å². The number of rotatable bonds is 5. The van der Waals surface area contributed by atoms with Gasteiger partial charge in [-0.1, -0.05) is 11.6 Å². The minimum atomic E-state index is -2.92. The molecule has 2 aromatic heterocycles. The van der Waals surface area contributed by atoms with E-state index >= 15 is 0 Å². The fraction of sp³-hybridized carbons (Fsp3) is 0.500. The lowest BCUT2D eigenvalue weighted by Gasteiger charge is -2.36. The van der Waals surface area contributed by atoms with E-state index in [1.807, 2.05) is 0 Å². The minimum Gasteiger partial charge on any atom is -0.396 e. The molecule has 142 valence electrons. The number of fused-ring (bicyclic) bond motifs is 1. The number of carbonyl (C=O) groups excluding carboxylic acids is 1. The maximum absolute atomic E-state index is 13.6. The molecule has 0 aromatic carbocycles. The van der Waals surface area contributed by atoms with Crippen molar-refractivity contribution in [1.29, 1.82) is 0 Å². The number of nitrogens with zero attached hydrogens (tertiary/aromatic N) is 1. The maximum atomic E-state index is 13.6. The third-order valence-electron chi connectivity index (χ3n) is 4.78. The Morgan fingerprint density at radius 3 is 2.85 bits per heavy atom. The van der Waals surface area contributed by atoms with Gasteiger partial charge in [-0.3, -0.25) is 4.79 Å². The molecule has 0 radical (unpaired) electrons. The Hall–Kier alpha value is -1.70. The number of nitrogens with one attached hydrogen (secondary N) is 1. The van der Waals surface area contributed by atoms with Gasteiger partial charge < -0.3 is 19.9 Å². The Labute approximate surface area is 154 Å². The van der Waals surface area contributed by atoms with Gasteiger partial charge in [0.05, 0.1) is 21.7 Å². The van der Waals surface area contributed by atoms with E-state index in [0.717, 1.165) is 0 Å². The number of alkyl halides is 2. The van der Waals surface area contributed by atoms with Gasteiger partial charge in [0.2, 0.25) is 0 Å². The second kappa shape index (κ2) is 7.13. The highest BCUT2D eigenvalue weighted by Gasteiger charge is 2.44. The molecule has 0 bridgehead atoms. The van der Waals surface area contributed by atoms with Crippen LogP contribution >= 0.6 is 11.6 Å². The molecule has 2 aromatic rings. The van der Waals surface area contributed by atoms with Crippen molar-refractivity contribution in [3.63, 3.8) is 0 Å². The van der Waals surface area contributed by atoms with Crippen LogP contribution < -0.4 is 5.32 Å². The second-order valence-electron chi connectivity index (χ2n) is 6.89. The number of halogens is 3. The number of carbonyl (C=O) groups is 1. The summed E-state index contributed by atoms with van der Waals surface area (Å²) in [5.41, 5.74) is -0.149. The van der Waals surface area contributed by atoms with Gasteiger partial charge in [0.25, 0.3) is 11.8 Å². The van der Waals surface area contributed by atoms with Crippen LogP contribution in [0.2, 0.25) is 5.02 Å². The predicted octanol–water partition coefficient (Wildman–Crippen LogP) is 2.80. The smallest absolute Gasteiger partial charge is 0.253 e. The van der Waals surface area contributed by atoms with E-state index in [2.05, 4.69) is 5.32 Å². The predicted molar refractivity (Wildman–Crippen MR) is 93.9 cm³/mol. The zero-order chi connectivity index (χ0) is 18.9. The molecular formula is C18H21ClF2N2O3. The highest BCUT2D eigenvalue weighted by Crippen LogP contribution is 2.38. The van der Waals surface area contributed by atoms with Crippen LogP contribution in [0.1, 0.15) is 41.7 Å². The van der Waals surface area contributed by atoms with Crippen molar-refractivity contribution in [2.24, 2.45) is 0 Å². The van der Waals surface area contributed by atoms with E-state index in [4.69, 9.17) is 11.6 Å². The topological polar surface area (TPSA) is 74.0 Å². The van der Waals surface area contributed by atoms with Crippen LogP contribution in [0.4, 0.5) is 8.78 Å². The first-order valence-corrected chi connectivity index (χ1v) is 8.90. The quantitative estimate of drug-likeness (QED) is 0.739. The van der Waals surface area contributed by atoms with Crippen LogP contribution in [-0.2, 0) is 6.42 Å². The van der Waals surface area contributed by atoms with Crippen LogP contribution in [-0.4, -0.2) is 45.2 Å². The number of pyridine rings is 1. The molecule has 3 rings (SSSR count). The van der Waals surface area contributed by atoms with Crippen molar-refractivity contribution in [2.75, 3.05) is 13.2 Å². The van der Waals surface area contributed by atoms with E-state index in [-0.39, 0.29) is 38.0 Å². The van der Waals surface area contributed by atoms with Crippen LogP contribution in [0.5, 0.6) is 0 Å². The van der Waals surface area contributed by atoms with Crippen molar-refractivity contribution in [3.05, 3.63) is 40.7 Å². The first-order chi connectivity index (χ1) is 12.2. The van der Waals surface area contributed by atoms with Crippen molar-refractivity contribution in [3.8, 4) is 0 Å². The summed E-state index contributed by atoms with van der Waals surface area (Å²) >= 11 is 6.22. The molecule has 0 aliphatic heterocycles. The lowest BCUT2D eigenvalue weighted by molar-refractivity contribution is -0.121. The summed E-state index contributed by atoms with van der Waals surface area (Å²) in [7, 11) is 0. The molecule has 1 aliphatic rings. The number of hydrogen-bond acceptors (Lipinski definition) is 3. The number of aliphatic hydroxyl groups excluding tert-OH is 1. The van der Waals surface area contributed by atoms with Crippen molar-refractivity contribution in [1.82, 2.24) is 9.72 Å². The van der Waals surface area contributed by atoms with Crippen LogP contribution in [0, 0.1) is 0 Å². The molecule has 2 heterocycles. The molecule has 0 saturated heterocycles. The third-order valence-corrected chi connectivity index (χ3v) is 5.09. The Kier molecular flexibility index (Phi) is 5.23. The van der Waals surface area contributed by atoms with E-state index in [1.54, 1.807) is 28.8 Å². The zero-order valence-electron chi connectivity index (χ0n) is 14.1. The average molecular weight is 387 g/mol. The van der Waals surface area contributed by atoms with Gasteiger partial charge in [0.1, 0.15) is 0 Å². The molecular weight excluding hydrogens is 366 g/mol. The van der Waals surface area contributed by atoms with Crippen LogP contribution in [0.15, 0.2) is 24.4 Å². The molecule has 8 heteroatoms. The average Bonchev–Trinajstić information content (AvgIpc) is 2.92. The first kappa shape index (κ1) is 19.1. The largest absolute Gasteiger partial charge is 0.396 e. The summed E-state index contributed by atoms with van der Waals surface area (Å²) in [6.07, 6.45) is 1.60. The maximum Gasteiger partial charge on any atom is 0.253 e. The molecule has 1 saturated carbocycles. The minimum absolute atomic E-state index is 0.0888. The highest BCUT2D eigenvalue weighted by molar-refractivity contribution is 6.34. The Morgan fingerprint density at radius 2 is 2.15 bits per heavy atom. The van der Waals surface area contributed by atoms with Gasteiger partial charge in [0.15, 0.2) is 0 Å². The third kappa shape index (κ3) is 3.84. The second-order valence-corrected chi connectivity index (χ2v) is 7.30. The van der Waals surface area contributed by atoms with Crippen molar-refractivity contribution in [2.45, 2.75) is 43.6 Å². The summed E-state index contributed by atoms with van der Waals surface area (Å²) in [5.74, 6) is -3.42. The van der Waals surface area contributed by atoms with E-state index in [0.29, 0.717) is 22.7 Å². The SMILES string of the molecule is O=C(NCC1(O)CCCC(F)(F)C1)c1cc(CCO)n2cccc(Cl)c12. The number of aromatic nitrogens is 1. The van der Waals surface area contributed by atoms with Crippen LogP contribution in [0.25, 0.3) is 5.52 Å². The molecule has 1 unspecified atom stereocenters. The van der Waals surface area contributed by atoms with Crippen molar-refractivity contribution >= 4 is 23.0 Å². The fourth-order valence-electron chi connectivity index (χ4n) is 3.59. The first-order valence-electron chi connectivity index (χ1n) is 8.52. The zero-order valence-corrected chi connectivity index (χ0v) is 14.9. The summed E-state index contributed by atoms with van der Waals surface area (Å²) in [4.78, 5) is 12.6. The standard InChI is InChI=1S/C18H21ClF2N2O3/c19-14-3-1-7-23-12(4-8-24)9-13(15(14)23)16(25)22-11-17(26)5-2-6-18(20,21)10-17/h1,3,7,9,24,26H,2,4-6,8,10-11H2,(H,22,25). The van der Waals surface area contributed by atoms with E-state index in [9.17, 15) is 23.8 Å². The molecule has 1 aliphatic carbocycles. The number of hydrogen-bond donors (Lipinski definition) is 3. The van der Waals surface area contributed by atoms with Gasteiger partial charge in [-0.25, -0.2) is 8.78 Å². The summed E-state index contributed by atoms with van der Waals surface area (Å²) in [6, 6.07) is 4.99. The number of aliphatic hydroxyl groups is 2. The molecule has 1 atom stereocenters. The van der Waals surface area contributed by atoms with Gasteiger partial charge >= 0.3 is 0 Å². The number of amides is 1. The van der Waals surface area contributed by atoms with Gasteiger partial charge in [-0.15, -0.1) is 0 Å². The molecule has 0 spiro atoms. The molecule has 26 heavy (non-hydrogen) atoms. The molecule has 3 N–H and O–H groups in total. The summed E-state index contributed by atoms with van der Waals surface area (Å²) in [5, 5.41) is 22.5. The Bertz CT molecular complexity index is 824. The monoisotopic (exact) mass is 386 g/mol. The van der Waals surface area contributed by atoms with E-state index < -0.39 is 23.9 Å². The summed E-state index contributed by atoms with van der Waals surface area (Å²) < 4.78 is 28.9. The molecule has 1 amide bonds. The lowest BCUT2D eigenvalue weighted by Crippen LogP contribution is -2.49. The van der Waals surface area contributed by atoms with Gasteiger partial charge in [-0.2, -0.15) is 0 Å². The Morgan fingerprint density at radius 1 is 1.38 bits per heavy atom. The Balaban J connectivity index is 1.82. The molecule has 5 nitrogen and oxygen atoms in total. The fourth-order valence-corrected chi connectivity index (χ4v) is 3.86. The highest BCUT2D eigenvalue weighted by atomic mass is 35.5. The molecule has 1 fully saturated rings. The van der Waals surface area contributed by atoms with Crippen LogP contribution in [0.3, 0.4) is 0 Å². The van der Waals surface area contributed by atoms with Crippen molar-refractivity contribution < 1.29 is 23.8 Å². The normalized spacial score (nSPS) is 22.5. The van der Waals surface area contributed by atoms with Gasteiger partial charge in [-0.05, 0) is 31.0 Å².